The number of carbonyl (C=O) groups excluding carboxylic acids is 2. The number of halogens is 1. The molecule has 0 saturated carbocycles. The Balaban J connectivity index is 1.47. The highest BCUT2D eigenvalue weighted by Crippen LogP contribution is 2.34. The molecule has 1 saturated heterocycles. The van der Waals surface area contributed by atoms with Crippen LogP contribution in [0.15, 0.2) is 52.3 Å². The number of hydrogen-bond acceptors (Lipinski definition) is 6. The fourth-order valence-electron chi connectivity index (χ4n) is 4.62. The van der Waals surface area contributed by atoms with Crippen molar-refractivity contribution in [3.05, 3.63) is 53.8 Å². The topological polar surface area (TPSA) is 87.2 Å². The van der Waals surface area contributed by atoms with E-state index in [9.17, 15) is 22.4 Å². The number of rotatable bonds is 4. The maximum Gasteiger partial charge on any atom is 0.410 e. The molecule has 194 valence electrons. The van der Waals surface area contributed by atoms with E-state index in [1.54, 1.807) is 23.1 Å². The van der Waals surface area contributed by atoms with Gasteiger partial charge in [-0.05, 0) is 63.9 Å². The van der Waals surface area contributed by atoms with E-state index in [-0.39, 0.29) is 29.5 Å². The van der Waals surface area contributed by atoms with Crippen LogP contribution in [0.1, 0.15) is 33.3 Å². The van der Waals surface area contributed by atoms with Gasteiger partial charge in [-0.3, -0.25) is 9.69 Å². The van der Waals surface area contributed by atoms with E-state index in [0.29, 0.717) is 43.9 Å². The molecule has 2 heterocycles. The van der Waals surface area contributed by atoms with Crippen LogP contribution in [-0.2, 0) is 25.8 Å². The SMILES string of the molecule is C[C@@H]1CN(CC(=O)N2CCc3cc(F)c(S(=O)(=O)c4ccccc4)cc32)CCN1C(=O)OC(C)(C)C. The van der Waals surface area contributed by atoms with Gasteiger partial charge in [0, 0.05) is 37.9 Å². The summed E-state index contributed by atoms with van der Waals surface area (Å²) in [5.41, 5.74) is 0.451. The summed E-state index contributed by atoms with van der Waals surface area (Å²) in [4.78, 5) is 30.4. The predicted octanol–water partition coefficient (Wildman–Crippen LogP) is 3.49. The lowest BCUT2D eigenvalue weighted by Gasteiger charge is -2.40. The number of fused-ring (bicyclic) bond motifs is 1. The fourth-order valence-corrected chi connectivity index (χ4v) is 5.98. The molecular weight excluding hydrogens is 485 g/mol. The first kappa shape index (κ1) is 26.1. The van der Waals surface area contributed by atoms with Crippen LogP contribution in [0.4, 0.5) is 14.9 Å². The Kier molecular flexibility index (Phi) is 7.12. The first-order valence-electron chi connectivity index (χ1n) is 12.0. The molecule has 2 amide bonds. The van der Waals surface area contributed by atoms with Gasteiger partial charge in [-0.25, -0.2) is 17.6 Å². The minimum absolute atomic E-state index is 0.00318. The van der Waals surface area contributed by atoms with E-state index in [1.807, 2.05) is 32.6 Å². The highest BCUT2D eigenvalue weighted by atomic mass is 32.2. The van der Waals surface area contributed by atoms with Gasteiger partial charge in [0.25, 0.3) is 0 Å². The number of piperazine rings is 1. The number of carbonyl (C=O) groups is 2. The van der Waals surface area contributed by atoms with Crippen molar-refractivity contribution in [1.82, 2.24) is 9.80 Å². The highest BCUT2D eigenvalue weighted by Gasteiger charge is 2.34. The summed E-state index contributed by atoms with van der Waals surface area (Å²) < 4.78 is 46.4. The van der Waals surface area contributed by atoms with Crippen LogP contribution in [0.3, 0.4) is 0 Å². The summed E-state index contributed by atoms with van der Waals surface area (Å²) in [7, 11) is -4.07. The second-order valence-corrected chi connectivity index (χ2v) is 12.2. The Morgan fingerprint density at radius 2 is 1.78 bits per heavy atom. The molecule has 0 N–H and O–H groups in total. The van der Waals surface area contributed by atoms with Crippen LogP contribution in [-0.4, -0.2) is 74.6 Å². The molecule has 0 aromatic heterocycles. The van der Waals surface area contributed by atoms with E-state index in [2.05, 4.69) is 0 Å². The molecule has 4 rings (SSSR count). The fraction of sp³-hybridized carbons (Fsp3) is 0.462. The van der Waals surface area contributed by atoms with Gasteiger partial charge in [-0.1, -0.05) is 18.2 Å². The summed E-state index contributed by atoms with van der Waals surface area (Å²) >= 11 is 0. The third kappa shape index (κ3) is 5.39. The number of benzene rings is 2. The van der Waals surface area contributed by atoms with Crippen molar-refractivity contribution in [2.24, 2.45) is 0 Å². The Morgan fingerprint density at radius 3 is 2.42 bits per heavy atom. The summed E-state index contributed by atoms with van der Waals surface area (Å²) in [6, 6.07) is 10.1. The lowest BCUT2D eigenvalue weighted by molar-refractivity contribution is -0.120. The number of anilines is 1. The zero-order valence-corrected chi connectivity index (χ0v) is 21.8. The van der Waals surface area contributed by atoms with Crippen molar-refractivity contribution in [2.75, 3.05) is 37.6 Å². The smallest absolute Gasteiger partial charge is 0.410 e. The van der Waals surface area contributed by atoms with Gasteiger partial charge in [0.2, 0.25) is 15.7 Å². The van der Waals surface area contributed by atoms with Crippen LogP contribution in [0.25, 0.3) is 0 Å². The van der Waals surface area contributed by atoms with Gasteiger partial charge in [0.1, 0.15) is 16.3 Å². The minimum Gasteiger partial charge on any atom is -0.444 e. The molecule has 36 heavy (non-hydrogen) atoms. The van der Waals surface area contributed by atoms with Gasteiger partial charge in [-0.2, -0.15) is 0 Å². The second kappa shape index (κ2) is 9.82. The van der Waals surface area contributed by atoms with Crippen molar-refractivity contribution >= 4 is 27.5 Å². The molecule has 0 unspecified atom stereocenters. The molecule has 0 aliphatic carbocycles. The predicted molar refractivity (Wildman–Crippen MR) is 133 cm³/mol. The minimum atomic E-state index is -4.07. The molecule has 10 heteroatoms. The number of amides is 2. The quantitative estimate of drug-likeness (QED) is 0.617. The molecule has 2 aromatic carbocycles. The third-order valence-corrected chi connectivity index (χ3v) is 8.16. The Labute approximate surface area is 211 Å². The Hall–Kier alpha value is -2.98. The van der Waals surface area contributed by atoms with Gasteiger partial charge in [0.05, 0.1) is 11.4 Å². The van der Waals surface area contributed by atoms with E-state index < -0.39 is 26.2 Å². The first-order valence-corrected chi connectivity index (χ1v) is 13.5. The molecule has 2 aliphatic heterocycles. The van der Waals surface area contributed by atoms with Crippen LogP contribution >= 0.6 is 0 Å². The maximum atomic E-state index is 14.8. The van der Waals surface area contributed by atoms with E-state index in [1.165, 1.54) is 29.2 Å². The van der Waals surface area contributed by atoms with Crippen LogP contribution in [0, 0.1) is 5.82 Å². The summed E-state index contributed by atoms with van der Waals surface area (Å²) in [5, 5.41) is 0. The lowest BCUT2D eigenvalue weighted by Crippen LogP contribution is -2.56. The molecule has 0 radical (unpaired) electrons. The largest absolute Gasteiger partial charge is 0.444 e. The Bertz CT molecular complexity index is 1260. The zero-order chi connectivity index (χ0) is 26.3. The van der Waals surface area contributed by atoms with Crippen molar-refractivity contribution in [2.45, 2.75) is 55.5 Å². The second-order valence-electron chi connectivity index (χ2n) is 10.3. The van der Waals surface area contributed by atoms with E-state index in [0.717, 1.165) is 0 Å². The monoisotopic (exact) mass is 517 g/mol. The van der Waals surface area contributed by atoms with Gasteiger partial charge in [-0.15, -0.1) is 0 Å². The standard InChI is InChI=1S/C26H32FN3O5S/c1-18-16-28(12-13-29(18)25(32)35-26(2,3)4)17-24(31)30-11-10-19-14-21(27)23(15-22(19)30)36(33,34)20-8-6-5-7-9-20/h5-9,14-15,18H,10-13,16-17H2,1-4H3/t18-/m1/s1. The Morgan fingerprint density at radius 1 is 1.08 bits per heavy atom. The van der Waals surface area contributed by atoms with E-state index in [4.69, 9.17) is 4.74 Å². The van der Waals surface area contributed by atoms with Crippen LogP contribution < -0.4 is 4.90 Å². The van der Waals surface area contributed by atoms with Crippen LogP contribution in [0.5, 0.6) is 0 Å². The normalized spacial score (nSPS) is 18.8. The summed E-state index contributed by atoms with van der Waals surface area (Å²) in [6.45, 7) is 9.29. The molecule has 1 atom stereocenters. The molecular formula is C26H32FN3O5S. The average molecular weight is 518 g/mol. The summed E-state index contributed by atoms with van der Waals surface area (Å²) in [6.07, 6.45) is 0.0792. The molecule has 1 fully saturated rings. The number of hydrogen-bond donors (Lipinski definition) is 0. The van der Waals surface area contributed by atoms with Crippen molar-refractivity contribution < 1.29 is 27.1 Å². The zero-order valence-electron chi connectivity index (χ0n) is 21.0. The number of nitrogens with zero attached hydrogens (tertiary/aromatic N) is 3. The number of sulfone groups is 1. The molecule has 2 aliphatic rings. The van der Waals surface area contributed by atoms with Crippen molar-refractivity contribution in [1.29, 1.82) is 0 Å². The van der Waals surface area contributed by atoms with Crippen molar-refractivity contribution in [3.8, 4) is 0 Å². The molecule has 8 nitrogen and oxygen atoms in total. The average Bonchev–Trinajstić information content (AvgIpc) is 3.20. The van der Waals surface area contributed by atoms with Gasteiger partial charge >= 0.3 is 6.09 Å². The first-order chi connectivity index (χ1) is 16.9. The molecule has 0 spiro atoms. The molecule has 0 bridgehead atoms. The molecule has 2 aromatic rings. The third-order valence-electron chi connectivity index (χ3n) is 6.37. The van der Waals surface area contributed by atoms with Gasteiger partial charge in [0.15, 0.2) is 0 Å². The number of ether oxygens (including phenoxy) is 1. The van der Waals surface area contributed by atoms with Crippen LogP contribution in [0.2, 0.25) is 0 Å². The van der Waals surface area contributed by atoms with E-state index >= 15 is 0 Å². The summed E-state index contributed by atoms with van der Waals surface area (Å²) in [5.74, 6) is -1.01. The maximum absolute atomic E-state index is 14.8. The highest BCUT2D eigenvalue weighted by molar-refractivity contribution is 7.91. The van der Waals surface area contributed by atoms with Gasteiger partial charge < -0.3 is 14.5 Å². The lowest BCUT2D eigenvalue weighted by atomic mass is 10.1. The van der Waals surface area contributed by atoms with Crippen molar-refractivity contribution in [3.63, 3.8) is 0 Å².